The Labute approximate surface area is 87.3 Å². The zero-order valence-electron chi connectivity index (χ0n) is 7.86. The lowest BCUT2D eigenvalue weighted by atomic mass is 10.3. The molecular formula is C8H12N4OS. The van der Waals surface area contributed by atoms with Gasteiger partial charge in [-0.25, -0.2) is 0 Å². The minimum Gasteiger partial charge on any atom is -0.393 e. The van der Waals surface area contributed by atoms with Crippen molar-refractivity contribution in [3.8, 4) is 0 Å². The Morgan fingerprint density at radius 1 is 1.79 bits per heavy atom. The predicted octanol–water partition coefficient (Wildman–Crippen LogP) is 0.158. The van der Waals surface area contributed by atoms with Crippen LogP contribution in [0.5, 0.6) is 0 Å². The van der Waals surface area contributed by atoms with Gasteiger partial charge in [0.1, 0.15) is 5.69 Å². The number of carbonyl (C=O) groups is 1. The summed E-state index contributed by atoms with van der Waals surface area (Å²) in [7, 11) is 1.70. The van der Waals surface area contributed by atoms with Crippen LogP contribution in [0.25, 0.3) is 0 Å². The summed E-state index contributed by atoms with van der Waals surface area (Å²) in [6.07, 6.45) is 2.07. The van der Waals surface area contributed by atoms with Gasteiger partial charge in [-0.05, 0) is 6.07 Å². The van der Waals surface area contributed by atoms with Crippen molar-refractivity contribution < 1.29 is 4.79 Å². The lowest BCUT2D eigenvalue weighted by Gasteiger charge is -2.15. The van der Waals surface area contributed by atoms with Crippen molar-refractivity contribution in [2.24, 2.45) is 5.73 Å². The summed E-state index contributed by atoms with van der Waals surface area (Å²) in [5, 5.41) is 6.30. The maximum absolute atomic E-state index is 11.6. The molecule has 0 aliphatic rings. The molecule has 1 rings (SSSR count). The van der Waals surface area contributed by atoms with Crippen LogP contribution in [0.15, 0.2) is 12.3 Å². The SMILES string of the molecule is CN(CCC(N)=S)C(=O)c1ccn[nH]1. The van der Waals surface area contributed by atoms with E-state index < -0.39 is 0 Å². The maximum atomic E-state index is 11.6. The Hall–Kier alpha value is -1.43. The standard InChI is InChI=1S/C8H12N4OS/c1-12(5-3-7(9)14)8(13)6-2-4-10-11-6/h2,4H,3,5H2,1H3,(H2,9,14)(H,10,11). The lowest BCUT2D eigenvalue weighted by Crippen LogP contribution is -2.30. The molecule has 5 nitrogen and oxygen atoms in total. The molecule has 1 aromatic heterocycles. The fourth-order valence-electron chi connectivity index (χ4n) is 0.960. The summed E-state index contributed by atoms with van der Waals surface area (Å²) in [4.78, 5) is 13.5. The number of rotatable bonds is 4. The first-order chi connectivity index (χ1) is 6.61. The van der Waals surface area contributed by atoms with E-state index in [1.165, 1.54) is 6.20 Å². The molecule has 0 radical (unpaired) electrons. The lowest BCUT2D eigenvalue weighted by molar-refractivity contribution is 0.0793. The molecule has 0 bridgehead atoms. The molecule has 3 N–H and O–H groups in total. The second kappa shape index (κ2) is 4.71. The summed E-state index contributed by atoms with van der Waals surface area (Å²) >= 11 is 4.72. The van der Waals surface area contributed by atoms with Crippen LogP contribution in [0.1, 0.15) is 16.9 Å². The average molecular weight is 212 g/mol. The van der Waals surface area contributed by atoms with Crippen LogP contribution >= 0.6 is 12.2 Å². The maximum Gasteiger partial charge on any atom is 0.271 e. The van der Waals surface area contributed by atoms with E-state index in [0.29, 0.717) is 23.6 Å². The van der Waals surface area contributed by atoms with Gasteiger partial charge in [0.05, 0.1) is 4.99 Å². The molecule has 0 unspecified atom stereocenters. The van der Waals surface area contributed by atoms with E-state index in [1.54, 1.807) is 18.0 Å². The summed E-state index contributed by atoms with van der Waals surface area (Å²) in [6, 6.07) is 1.62. The van der Waals surface area contributed by atoms with Crippen LogP contribution in [-0.2, 0) is 0 Å². The Kier molecular flexibility index (Phi) is 3.58. The molecule has 0 aliphatic heterocycles. The van der Waals surface area contributed by atoms with Gasteiger partial charge < -0.3 is 10.6 Å². The zero-order valence-corrected chi connectivity index (χ0v) is 8.67. The molecular weight excluding hydrogens is 200 g/mol. The van der Waals surface area contributed by atoms with Crippen LogP contribution in [0.3, 0.4) is 0 Å². The number of aromatic nitrogens is 2. The molecule has 0 saturated carbocycles. The molecule has 0 atom stereocenters. The van der Waals surface area contributed by atoms with Crippen molar-refractivity contribution in [1.29, 1.82) is 0 Å². The number of thiocarbonyl (C=S) groups is 1. The number of nitrogens with zero attached hydrogens (tertiary/aromatic N) is 2. The van der Waals surface area contributed by atoms with Crippen molar-refractivity contribution in [1.82, 2.24) is 15.1 Å². The number of hydrogen-bond acceptors (Lipinski definition) is 3. The fourth-order valence-corrected chi connectivity index (χ4v) is 1.05. The summed E-state index contributed by atoms with van der Waals surface area (Å²) in [5.74, 6) is -0.112. The predicted molar refractivity (Wildman–Crippen MR) is 57.0 cm³/mol. The highest BCUT2D eigenvalue weighted by Crippen LogP contribution is 1.99. The van der Waals surface area contributed by atoms with E-state index in [4.69, 9.17) is 18.0 Å². The number of nitrogens with two attached hydrogens (primary N) is 1. The van der Waals surface area contributed by atoms with Crippen LogP contribution < -0.4 is 5.73 Å². The number of aromatic amines is 1. The number of H-pyrrole nitrogens is 1. The zero-order chi connectivity index (χ0) is 10.6. The van der Waals surface area contributed by atoms with Gasteiger partial charge in [0.15, 0.2) is 0 Å². The first-order valence-electron chi connectivity index (χ1n) is 4.14. The molecule has 0 aliphatic carbocycles. The number of hydrogen-bond donors (Lipinski definition) is 2. The van der Waals surface area contributed by atoms with Crippen LogP contribution in [0.2, 0.25) is 0 Å². The minimum absolute atomic E-state index is 0.112. The van der Waals surface area contributed by atoms with Crippen molar-refractivity contribution in [3.63, 3.8) is 0 Å². The van der Waals surface area contributed by atoms with Gasteiger partial charge >= 0.3 is 0 Å². The molecule has 1 aromatic rings. The second-order valence-corrected chi connectivity index (χ2v) is 3.44. The van der Waals surface area contributed by atoms with Crippen LogP contribution in [0.4, 0.5) is 0 Å². The minimum atomic E-state index is -0.112. The second-order valence-electron chi connectivity index (χ2n) is 2.91. The smallest absolute Gasteiger partial charge is 0.271 e. The van der Waals surface area contributed by atoms with E-state index >= 15 is 0 Å². The average Bonchev–Trinajstić information content (AvgIpc) is 2.65. The highest BCUT2D eigenvalue weighted by molar-refractivity contribution is 7.80. The monoisotopic (exact) mass is 212 g/mol. The van der Waals surface area contributed by atoms with Crippen molar-refractivity contribution in [2.75, 3.05) is 13.6 Å². The molecule has 0 aromatic carbocycles. The van der Waals surface area contributed by atoms with Crippen LogP contribution in [-0.4, -0.2) is 39.6 Å². The Balaban J connectivity index is 2.49. The summed E-state index contributed by atoms with van der Waals surface area (Å²) in [5.41, 5.74) is 5.80. The van der Waals surface area contributed by atoms with Crippen molar-refractivity contribution in [2.45, 2.75) is 6.42 Å². The molecule has 0 saturated heterocycles. The third kappa shape index (κ3) is 2.81. The Bertz CT molecular complexity index is 322. The highest BCUT2D eigenvalue weighted by atomic mass is 32.1. The Morgan fingerprint density at radius 2 is 2.50 bits per heavy atom. The molecule has 1 heterocycles. The molecule has 6 heteroatoms. The van der Waals surface area contributed by atoms with E-state index in [-0.39, 0.29) is 5.91 Å². The van der Waals surface area contributed by atoms with Gasteiger partial charge in [-0.15, -0.1) is 0 Å². The molecule has 14 heavy (non-hydrogen) atoms. The van der Waals surface area contributed by atoms with Gasteiger partial charge in [-0.2, -0.15) is 5.10 Å². The van der Waals surface area contributed by atoms with Crippen LogP contribution in [0, 0.1) is 0 Å². The number of amides is 1. The number of carbonyl (C=O) groups excluding carboxylic acids is 1. The van der Waals surface area contributed by atoms with Gasteiger partial charge in [-0.3, -0.25) is 9.89 Å². The van der Waals surface area contributed by atoms with Crippen molar-refractivity contribution >= 4 is 23.1 Å². The first-order valence-corrected chi connectivity index (χ1v) is 4.55. The molecule has 0 fully saturated rings. The van der Waals surface area contributed by atoms with Gasteiger partial charge in [-0.1, -0.05) is 12.2 Å². The molecule has 1 amide bonds. The van der Waals surface area contributed by atoms with Gasteiger partial charge in [0, 0.05) is 26.2 Å². The summed E-state index contributed by atoms with van der Waals surface area (Å²) < 4.78 is 0. The van der Waals surface area contributed by atoms with Gasteiger partial charge in [0.25, 0.3) is 5.91 Å². The normalized spacial score (nSPS) is 9.79. The van der Waals surface area contributed by atoms with Gasteiger partial charge in [0.2, 0.25) is 0 Å². The third-order valence-corrected chi connectivity index (χ3v) is 1.98. The largest absolute Gasteiger partial charge is 0.393 e. The van der Waals surface area contributed by atoms with Crippen molar-refractivity contribution in [3.05, 3.63) is 18.0 Å². The van der Waals surface area contributed by atoms with E-state index in [1.807, 2.05) is 0 Å². The number of nitrogens with one attached hydrogen (secondary N) is 1. The summed E-state index contributed by atoms with van der Waals surface area (Å²) in [6.45, 7) is 0.521. The first kappa shape index (κ1) is 10.6. The third-order valence-electron chi connectivity index (χ3n) is 1.77. The van der Waals surface area contributed by atoms with E-state index in [0.717, 1.165) is 0 Å². The Morgan fingerprint density at radius 3 is 3.00 bits per heavy atom. The van der Waals surface area contributed by atoms with E-state index in [2.05, 4.69) is 10.2 Å². The molecule has 0 spiro atoms. The quantitative estimate of drug-likeness (QED) is 0.697. The highest BCUT2D eigenvalue weighted by Gasteiger charge is 2.12. The van der Waals surface area contributed by atoms with E-state index in [9.17, 15) is 4.79 Å². The fraction of sp³-hybridized carbons (Fsp3) is 0.375. The topological polar surface area (TPSA) is 75.0 Å². The molecule has 76 valence electrons.